The van der Waals surface area contributed by atoms with Gasteiger partial charge in [-0.3, -0.25) is 9.69 Å². The fourth-order valence-electron chi connectivity index (χ4n) is 4.94. The summed E-state index contributed by atoms with van der Waals surface area (Å²) < 4.78 is 1.49. The summed E-state index contributed by atoms with van der Waals surface area (Å²) in [4.78, 5) is 16.6. The van der Waals surface area contributed by atoms with Crippen molar-refractivity contribution < 1.29 is 4.79 Å². The van der Waals surface area contributed by atoms with Gasteiger partial charge in [0.05, 0.1) is 10.9 Å². The smallest absolute Gasteiger partial charge is 0.263 e. The van der Waals surface area contributed by atoms with E-state index in [-0.39, 0.29) is 17.4 Å². The van der Waals surface area contributed by atoms with E-state index in [1.54, 1.807) is 11.8 Å². The highest BCUT2D eigenvalue weighted by molar-refractivity contribution is 8.25. The van der Waals surface area contributed by atoms with Crippen molar-refractivity contribution in [2.24, 2.45) is 0 Å². The van der Waals surface area contributed by atoms with Gasteiger partial charge in [0, 0.05) is 21.4 Å². The molecule has 1 amide bonds. The number of thioether (sulfide) groups is 3. The molecule has 32 heavy (non-hydrogen) atoms. The molecule has 0 unspecified atom stereocenters. The van der Waals surface area contributed by atoms with Crippen molar-refractivity contribution in [1.82, 2.24) is 10.2 Å². The first kappa shape index (κ1) is 20.6. The van der Waals surface area contributed by atoms with Crippen LogP contribution in [-0.4, -0.2) is 27.8 Å². The fourth-order valence-corrected chi connectivity index (χ4v) is 8.73. The van der Waals surface area contributed by atoms with Gasteiger partial charge in [-0.25, -0.2) is 0 Å². The maximum absolute atomic E-state index is 13.7. The molecule has 0 spiro atoms. The molecule has 1 N–H and O–H groups in total. The second kappa shape index (κ2) is 8.73. The fraction of sp³-hybridized carbons (Fsp3) is 0.269. The Kier molecular flexibility index (Phi) is 5.61. The highest BCUT2D eigenvalue weighted by atomic mass is 32.2. The second-order valence-corrected chi connectivity index (χ2v) is 11.9. The Balaban J connectivity index is 1.46. The van der Waals surface area contributed by atoms with Crippen molar-refractivity contribution in [2.45, 2.75) is 30.8 Å². The van der Waals surface area contributed by atoms with Crippen LogP contribution < -0.4 is 5.32 Å². The van der Waals surface area contributed by atoms with E-state index in [0.717, 1.165) is 29.7 Å². The second-order valence-electron chi connectivity index (χ2n) is 8.28. The zero-order valence-electron chi connectivity index (χ0n) is 17.6. The third-order valence-corrected chi connectivity index (χ3v) is 10.2. The molecule has 2 aromatic rings. The van der Waals surface area contributed by atoms with Crippen LogP contribution in [0.2, 0.25) is 0 Å². The van der Waals surface area contributed by atoms with Gasteiger partial charge in [-0.1, -0.05) is 72.4 Å². The van der Waals surface area contributed by atoms with Crippen LogP contribution in [0.4, 0.5) is 0 Å². The molecule has 2 saturated heterocycles. The van der Waals surface area contributed by atoms with Gasteiger partial charge >= 0.3 is 0 Å². The average molecular weight is 477 g/mol. The zero-order chi connectivity index (χ0) is 21.5. The van der Waals surface area contributed by atoms with E-state index >= 15 is 0 Å². The predicted molar refractivity (Wildman–Crippen MR) is 138 cm³/mol. The number of carbonyl (C=O) groups is 1. The third kappa shape index (κ3) is 3.62. The van der Waals surface area contributed by atoms with Crippen LogP contribution >= 0.6 is 35.3 Å². The molecular formula is C26H24N2OS3. The maximum atomic E-state index is 13.7. The van der Waals surface area contributed by atoms with Crippen molar-refractivity contribution in [3.63, 3.8) is 0 Å². The summed E-state index contributed by atoms with van der Waals surface area (Å²) in [5.41, 5.74) is 6.37. The Hall–Kier alpha value is -2.02. The van der Waals surface area contributed by atoms with Crippen LogP contribution in [-0.2, 0) is 4.79 Å². The minimum absolute atomic E-state index is 0.00794. The molecule has 2 atom stereocenters. The molecule has 1 aliphatic carbocycles. The number of nitrogens with one attached hydrogen (secondary N) is 1. The van der Waals surface area contributed by atoms with Crippen molar-refractivity contribution in [3.8, 4) is 0 Å². The minimum atomic E-state index is -0.0773. The number of hydrogen-bond donors (Lipinski definition) is 1. The summed E-state index contributed by atoms with van der Waals surface area (Å²) >= 11 is 5.65. The predicted octanol–water partition coefficient (Wildman–Crippen LogP) is 6.36. The summed E-state index contributed by atoms with van der Waals surface area (Å²) in [6.07, 6.45) is 5.35. The number of amides is 1. The summed E-state index contributed by atoms with van der Waals surface area (Å²) in [6.45, 7) is 0. The zero-order valence-corrected chi connectivity index (χ0v) is 20.1. The molecule has 3 aliphatic heterocycles. The van der Waals surface area contributed by atoms with E-state index in [2.05, 4.69) is 52.7 Å². The Morgan fingerprint density at radius 1 is 0.938 bits per heavy atom. The molecule has 3 heterocycles. The SMILES string of the molecule is O=C1/C(=C/c2ccccc2)S[C@H]2NC3=C(CCCC3=C3SCCS3)[C@@H](c3ccccc3)N12. The van der Waals surface area contributed by atoms with Gasteiger partial charge in [-0.05, 0) is 47.6 Å². The Morgan fingerprint density at radius 2 is 1.66 bits per heavy atom. The number of carbonyl (C=O) groups excluding carboxylic acids is 1. The Labute approximate surface area is 201 Å². The molecule has 4 aliphatic rings. The van der Waals surface area contributed by atoms with Gasteiger partial charge in [-0.15, -0.1) is 23.5 Å². The van der Waals surface area contributed by atoms with Crippen LogP contribution in [0.5, 0.6) is 0 Å². The van der Waals surface area contributed by atoms with Crippen LogP contribution in [0, 0.1) is 0 Å². The summed E-state index contributed by atoms with van der Waals surface area (Å²) in [5.74, 6) is 2.52. The molecule has 0 saturated carbocycles. The van der Waals surface area contributed by atoms with Gasteiger partial charge in [0.1, 0.15) is 0 Å². The molecule has 2 fully saturated rings. The first-order chi connectivity index (χ1) is 15.8. The Morgan fingerprint density at radius 3 is 2.41 bits per heavy atom. The number of nitrogens with zero attached hydrogens (tertiary/aromatic N) is 1. The summed E-state index contributed by atoms with van der Waals surface area (Å²) in [6, 6.07) is 20.7. The van der Waals surface area contributed by atoms with Crippen molar-refractivity contribution in [2.75, 3.05) is 11.5 Å². The van der Waals surface area contributed by atoms with Crippen LogP contribution in [0.15, 0.2) is 86.6 Å². The minimum Gasteiger partial charge on any atom is -0.356 e. The number of allylic oxidation sites excluding steroid dienone is 1. The summed E-state index contributed by atoms with van der Waals surface area (Å²) in [7, 11) is 0. The monoisotopic (exact) mass is 476 g/mol. The number of benzene rings is 2. The van der Waals surface area contributed by atoms with Crippen molar-refractivity contribution in [1.29, 1.82) is 0 Å². The third-order valence-electron chi connectivity index (χ3n) is 6.32. The highest BCUT2D eigenvalue weighted by Crippen LogP contribution is 2.52. The van der Waals surface area contributed by atoms with Gasteiger partial charge in [-0.2, -0.15) is 0 Å². The van der Waals surface area contributed by atoms with Crippen LogP contribution in [0.3, 0.4) is 0 Å². The molecule has 162 valence electrons. The number of hydrogen-bond acceptors (Lipinski definition) is 5. The van der Waals surface area contributed by atoms with Gasteiger partial charge < -0.3 is 5.32 Å². The van der Waals surface area contributed by atoms with E-state index in [0.29, 0.717) is 0 Å². The molecular weight excluding hydrogens is 453 g/mol. The van der Waals surface area contributed by atoms with Gasteiger partial charge in [0.15, 0.2) is 5.50 Å². The highest BCUT2D eigenvalue weighted by Gasteiger charge is 2.47. The lowest BCUT2D eigenvalue weighted by molar-refractivity contribution is -0.128. The molecule has 0 bridgehead atoms. The van der Waals surface area contributed by atoms with Crippen molar-refractivity contribution >= 4 is 47.3 Å². The molecule has 6 heteroatoms. The van der Waals surface area contributed by atoms with E-state index in [1.807, 2.05) is 47.8 Å². The lowest BCUT2D eigenvalue weighted by Gasteiger charge is -2.43. The van der Waals surface area contributed by atoms with Gasteiger partial charge in [0.2, 0.25) is 0 Å². The number of rotatable bonds is 2. The molecule has 3 nitrogen and oxygen atoms in total. The van der Waals surface area contributed by atoms with Crippen molar-refractivity contribution in [3.05, 3.63) is 97.8 Å². The number of fused-ring (bicyclic) bond motifs is 1. The quantitative estimate of drug-likeness (QED) is 0.510. The molecule has 0 radical (unpaired) electrons. The summed E-state index contributed by atoms with van der Waals surface area (Å²) in [5, 5.41) is 3.81. The molecule has 6 rings (SSSR count). The standard InChI is InChI=1S/C26H24N2OS3/c29-24-21(16-17-8-3-1-4-9-17)32-26-27-22-19(12-7-13-20(22)25-30-14-15-31-25)23(28(24)26)18-10-5-2-6-11-18/h1-6,8-11,16,23,26-27H,7,12-15H2/b21-16-/t23-,26+/m1/s1. The lowest BCUT2D eigenvalue weighted by Crippen LogP contribution is -2.49. The van der Waals surface area contributed by atoms with E-state index in [4.69, 9.17) is 0 Å². The first-order valence-electron chi connectivity index (χ1n) is 11.1. The topological polar surface area (TPSA) is 32.3 Å². The molecule has 2 aromatic carbocycles. The van der Waals surface area contributed by atoms with Crippen LogP contribution in [0.25, 0.3) is 6.08 Å². The maximum Gasteiger partial charge on any atom is 0.263 e. The normalized spacial score (nSPS) is 26.4. The lowest BCUT2D eigenvalue weighted by atomic mass is 9.83. The van der Waals surface area contributed by atoms with Crippen LogP contribution in [0.1, 0.15) is 36.4 Å². The van der Waals surface area contributed by atoms with Gasteiger partial charge in [0.25, 0.3) is 5.91 Å². The Bertz CT molecular complexity index is 1130. The first-order valence-corrected chi connectivity index (χ1v) is 13.9. The average Bonchev–Trinajstić information content (AvgIpc) is 3.47. The largest absolute Gasteiger partial charge is 0.356 e. The van der Waals surface area contributed by atoms with E-state index in [1.165, 1.54) is 38.1 Å². The van der Waals surface area contributed by atoms with E-state index in [9.17, 15) is 4.79 Å². The molecule has 0 aromatic heterocycles. The van der Waals surface area contributed by atoms with E-state index < -0.39 is 0 Å².